The van der Waals surface area contributed by atoms with Gasteiger partial charge in [0.15, 0.2) is 0 Å². The summed E-state index contributed by atoms with van der Waals surface area (Å²) in [5.74, 6) is 0.0329. The fourth-order valence-electron chi connectivity index (χ4n) is 2.81. The number of morpholine rings is 1. The van der Waals surface area contributed by atoms with E-state index in [1.807, 2.05) is 36.2 Å². The molecule has 0 aliphatic carbocycles. The Morgan fingerprint density at radius 1 is 1.22 bits per heavy atom. The van der Waals surface area contributed by atoms with Gasteiger partial charge >= 0.3 is 6.03 Å². The molecule has 0 radical (unpaired) electrons. The van der Waals surface area contributed by atoms with E-state index >= 15 is 0 Å². The third-order valence-corrected chi connectivity index (χ3v) is 4.08. The number of benzene rings is 1. The fourth-order valence-corrected chi connectivity index (χ4v) is 2.81. The molecule has 2 fully saturated rings. The van der Waals surface area contributed by atoms with Crippen molar-refractivity contribution in [3.8, 4) is 0 Å². The molecule has 0 bridgehead atoms. The van der Waals surface area contributed by atoms with Crippen LogP contribution in [0.25, 0.3) is 0 Å². The van der Waals surface area contributed by atoms with E-state index in [-0.39, 0.29) is 18.0 Å². The Balaban J connectivity index is 1.52. The molecule has 7 heteroatoms. The highest BCUT2D eigenvalue weighted by Gasteiger charge is 2.31. The van der Waals surface area contributed by atoms with Gasteiger partial charge in [0.1, 0.15) is 0 Å². The van der Waals surface area contributed by atoms with E-state index < -0.39 is 0 Å². The van der Waals surface area contributed by atoms with Crippen LogP contribution in [0.2, 0.25) is 0 Å². The monoisotopic (exact) mass is 318 g/mol. The Hall–Kier alpha value is -2.12. The SMILES string of the molecule is Cc1ccc(N2CC(NC(=O)NN3CCOCC3)CC2=O)cc1. The van der Waals surface area contributed by atoms with Crippen molar-refractivity contribution in [2.24, 2.45) is 0 Å². The van der Waals surface area contributed by atoms with E-state index in [1.165, 1.54) is 0 Å². The van der Waals surface area contributed by atoms with Crippen LogP contribution < -0.4 is 15.6 Å². The van der Waals surface area contributed by atoms with Crippen molar-refractivity contribution in [3.63, 3.8) is 0 Å². The number of aryl methyl sites for hydroxylation is 1. The number of nitrogens with zero attached hydrogens (tertiary/aromatic N) is 2. The number of ether oxygens (including phenoxy) is 1. The lowest BCUT2D eigenvalue weighted by Crippen LogP contribution is -2.53. The van der Waals surface area contributed by atoms with Gasteiger partial charge in [0.2, 0.25) is 5.91 Å². The Morgan fingerprint density at radius 3 is 2.61 bits per heavy atom. The topological polar surface area (TPSA) is 73.9 Å². The molecule has 7 nitrogen and oxygen atoms in total. The summed E-state index contributed by atoms with van der Waals surface area (Å²) in [6.07, 6.45) is 0.324. The van der Waals surface area contributed by atoms with E-state index in [1.54, 1.807) is 4.90 Å². The van der Waals surface area contributed by atoms with Gasteiger partial charge in [0, 0.05) is 31.7 Å². The van der Waals surface area contributed by atoms with E-state index in [0.717, 1.165) is 11.3 Å². The van der Waals surface area contributed by atoms with E-state index in [0.29, 0.717) is 39.3 Å². The summed E-state index contributed by atoms with van der Waals surface area (Å²) >= 11 is 0. The van der Waals surface area contributed by atoms with Crippen molar-refractivity contribution < 1.29 is 14.3 Å². The molecule has 2 aliphatic rings. The third kappa shape index (κ3) is 4.00. The number of carbonyl (C=O) groups excluding carboxylic acids is 2. The molecule has 0 aromatic heterocycles. The van der Waals surface area contributed by atoms with Crippen LogP contribution in [0.5, 0.6) is 0 Å². The first-order chi connectivity index (χ1) is 11.1. The molecule has 23 heavy (non-hydrogen) atoms. The van der Waals surface area contributed by atoms with Gasteiger partial charge in [-0.15, -0.1) is 0 Å². The molecule has 3 rings (SSSR count). The lowest BCUT2D eigenvalue weighted by Gasteiger charge is -2.27. The molecule has 0 spiro atoms. The van der Waals surface area contributed by atoms with Gasteiger partial charge in [-0.25, -0.2) is 9.80 Å². The van der Waals surface area contributed by atoms with Gasteiger partial charge in [-0.1, -0.05) is 17.7 Å². The molecule has 1 aromatic rings. The Kier molecular flexibility index (Phi) is 4.78. The molecule has 2 aliphatic heterocycles. The highest BCUT2D eigenvalue weighted by molar-refractivity contribution is 5.96. The van der Waals surface area contributed by atoms with Crippen LogP contribution in [0, 0.1) is 6.92 Å². The first kappa shape index (κ1) is 15.8. The molecular formula is C16H22N4O3. The minimum absolute atomic E-state index is 0.0329. The van der Waals surface area contributed by atoms with Crippen molar-refractivity contribution in [3.05, 3.63) is 29.8 Å². The molecule has 1 aromatic carbocycles. The highest BCUT2D eigenvalue weighted by Crippen LogP contribution is 2.21. The number of anilines is 1. The smallest absolute Gasteiger partial charge is 0.329 e. The summed E-state index contributed by atoms with van der Waals surface area (Å²) in [6, 6.07) is 7.39. The maximum Gasteiger partial charge on any atom is 0.329 e. The summed E-state index contributed by atoms with van der Waals surface area (Å²) in [4.78, 5) is 25.9. The average Bonchev–Trinajstić information content (AvgIpc) is 2.89. The number of nitrogens with one attached hydrogen (secondary N) is 2. The van der Waals surface area contributed by atoms with Crippen molar-refractivity contribution in [1.29, 1.82) is 0 Å². The predicted molar refractivity (Wildman–Crippen MR) is 86.0 cm³/mol. The van der Waals surface area contributed by atoms with E-state index in [4.69, 9.17) is 4.74 Å². The lowest BCUT2D eigenvalue weighted by atomic mass is 10.2. The van der Waals surface area contributed by atoms with Gasteiger partial charge in [-0.3, -0.25) is 10.2 Å². The number of urea groups is 1. The van der Waals surface area contributed by atoms with Gasteiger partial charge in [0.25, 0.3) is 0 Å². The maximum atomic E-state index is 12.2. The van der Waals surface area contributed by atoms with Crippen molar-refractivity contribution in [2.75, 3.05) is 37.7 Å². The predicted octanol–water partition coefficient (Wildman–Crippen LogP) is 0.647. The number of amides is 3. The van der Waals surface area contributed by atoms with Crippen LogP contribution in [0.1, 0.15) is 12.0 Å². The highest BCUT2D eigenvalue weighted by atomic mass is 16.5. The van der Waals surface area contributed by atoms with Crippen LogP contribution >= 0.6 is 0 Å². The molecule has 3 amide bonds. The number of hydrazine groups is 1. The standard InChI is InChI=1S/C16H22N4O3/c1-12-2-4-14(5-3-12)20-11-13(10-15(20)21)17-16(22)18-19-6-8-23-9-7-19/h2-5,13H,6-11H2,1H3,(H2,17,18,22). The summed E-state index contributed by atoms with van der Waals surface area (Å²) in [5, 5.41) is 4.70. The molecule has 0 saturated carbocycles. The molecule has 1 atom stereocenters. The van der Waals surface area contributed by atoms with Crippen LogP contribution in [0.4, 0.5) is 10.5 Å². The van der Waals surface area contributed by atoms with Gasteiger partial charge in [0.05, 0.1) is 19.3 Å². The largest absolute Gasteiger partial charge is 0.379 e. The van der Waals surface area contributed by atoms with Crippen molar-refractivity contribution in [2.45, 2.75) is 19.4 Å². The van der Waals surface area contributed by atoms with E-state index in [9.17, 15) is 9.59 Å². The number of carbonyl (C=O) groups is 2. The van der Waals surface area contributed by atoms with E-state index in [2.05, 4.69) is 10.7 Å². The van der Waals surface area contributed by atoms with Crippen LogP contribution in [0.15, 0.2) is 24.3 Å². The molecule has 124 valence electrons. The fraction of sp³-hybridized carbons (Fsp3) is 0.500. The van der Waals surface area contributed by atoms with Crippen LogP contribution in [-0.4, -0.2) is 55.8 Å². The third-order valence-electron chi connectivity index (χ3n) is 4.08. The first-order valence-electron chi connectivity index (χ1n) is 7.89. The Labute approximate surface area is 135 Å². The average molecular weight is 318 g/mol. The lowest BCUT2D eigenvalue weighted by molar-refractivity contribution is -0.117. The van der Waals surface area contributed by atoms with Crippen LogP contribution in [0.3, 0.4) is 0 Å². The minimum Gasteiger partial charge on any atom is -0.379 e. The van der Waals surface area contributed by atoms with Crippen molar-refractivity contribution >= 4 is 17.6 Å². The zero-order chi connectivity index (χ0) is 16.2. The molecule has 2 N–H and O–H groups in total. The number of rotatable bonds is 3. The molecule has 1 unspecified atom stereocenters. The molecular weight excluding hydrogens is 296 g/mol. The molecule has 2 heterocycles. The second kappa shape index (κ2) is 6.97. The van der Waals surface area contributed by atoms with Crippen molar-refractivity contribution in [1.82, 2.24) is 15.8 Å². The Morgan fingerprint density at radius 2 is 1.91 bits per heavy atom. The Bertz CT molecular complexity index is 569. The first-order valence-corrected chi connectivity index (χ1v) is 7.89. The zero-order valence-corrected chi connectivity index (χ0v) is 13.2. The second-order valence-corrected chi connectivity index (χ2v) is 5.93. The summed E-state index contributed by atoms with van der Waals surface area (Å²) in [5.41, 5.74) is 4.82. The maximum absolute atomic E-state index is 12.2. The van der Waals surface area contributed by atoms with Gasteiger partial charge < -0.3 is 15.0 Å². The molecule has 2 saturated heterocycles. The number of hydrogen-bond donors (Lipinski definition) is 2. The second-order valence-electron chi connectivity index (χ2n) is 5.93. The van der Waals surface area contributed by atoms with Crippen LogP contribution in [-0.2, 0) is 9.53 Å². The normalized spacial score (nSPS) is 22.2. The summed E-state index contributed by atoms with van der Waals surface area (Å²) in [7, 11) is 0. The minimum atomic E-state index is -0.268. The van der Waals surface area contributed by atoms with Gasteiger partial charge in [-0.05, 0) is 19.1 Å². The van der Waals surface area contributed by atoms with Gasteiger partial charge in [-0.2, -0.15) is 0 Å². The quantitative estimate of drug-likeness (QED) is 0.858. The number of hydrogen-bond acceptors (Lipinski definition) is 4. The summed E-state index contributed by atoms with van der Waals surface area (Å²) in [6.45, 7) is 5.08. The summed E-state index contributed by atoms with van der Waals surface area (Å²) < 4.78 is 5.24. The zero-order valence-electron chi connectivity index (χ0n) is 13.2.